The summed E-state index contributed by atoms with van der Waals surface area (Å²) in [6.45, 7) is 3.90. The molecule has 104 valence electrons. The van der Waals surface area contributed by atoms with Crippen molar-refractivity contribution in [2.75, 3.05) is 14.2 Å². The highest BCUT2D eigenvalue weighted by molar-refractivity contribution is 9.10. The zero-order valence-corrected chi connectivity index (χ0v) is 13.2. The van der Waals surface area contributed by atoms with Gasteiger partial charge in [0.1, 0.15) is 22.0 Å². The van der Waals surface area contributed by atoms with Crippen LogP contribution in [0.3, 0.4) is 0 Å². The molecule has 20 heavy (non-hydrogen) atoms. The van der Waals surface area contributed by atoms with Gasteiger partial charge in [-0.25, -0.2) is 0 Å². The Morgan fingerprint density at radius 3 is 2.45 bits per heavy atom. The van der Waals surface area contributed by atoms with Crippen LogP contribution in [-0.2, 0) is 0 Å². The van der Waals surface area contributed by atoms with Crippen LogP contribution in [0.5, 0.6) is 11.5 Å². The molecule has 0 amide bonds. The summed E-state index contributed by atoms with van der Waals surface area (Å²) in [5.74, 6) is 1.84. The molecule has 0 atom stereocenters. The number of aromatic nitrogens is 1. The van der Waals surface area contributed by atoms with E-state index in [9.17, 15) is 0 Å². The summed E-state index contributed by atoms with van der Waals surface area (Å²) in [7, 11) is 3.20. The van der Waals surface area contributed by atoms with Gasteiger partial charge in [-0.3, -0.25) is 0 Å². The Morgan fingerprint density at radius 1 is 1.25 bits per heavy atom. The van der Waals surface area contributed by atoms with E-state index in [4.69, 9.17) is 19.3 Å². The summed E-state index contributed by atoms with van der Waals surface area (Å²) >= 11 is 3.33. The smallest absolute Gasteiger partial charge is 0.198 e. The maximum Gasteiger partial charge on any atom is 0.198 e. The Hall–Kier alpha value is -2.00. The molecule has 1 aromatic heterocycles. The summed E-state index contributed by atoms with van der Waals surface area (Å²) in [4.78, 5) is 0. The van der Waals surface area contributed by atoms with Crippen molar-refractivity contribution in [3.8, 4) is 28.9 Å². The summed E-state index contributed by atoms with van der Waals surface area (Å²) in [5, 5.41) is 12.7. The van der Waals surface area contributed by atoms with Crippen molar-refractivity contribution in [3.05, 3.63) is 27.4 Å². The molecular weight excluding hydrogens is 324 g/mol. The molecule has 2 rings (SSSR count). The van der Waals surface area contributed by atoms with Crippen LogP contribution in [0.15, 0.2) is 15.1 Å². The molecule has 5 nitrogen and oxygen atoms in total. The van der Waals surface area contributed by atoms with Gasteiger partial charge in [-0.15, -0.1) is 0 Å². The molecule has 6 heteroatoms. The molecule has 0 radical (unpaired) electrons. The number of nitrogens with zero attached hydrogens (tertiary/aromatic N) is 2. The predicted molar refractivity (Wildman–Crippen MR) is 76.9 cm³/mol. The number of hydrogen-bond acceptors (Lipinski definition) is 5. The molecule has 0 bridgehead atoms. The van der Waals surface area contributed by atoms with Gasteiger partial charge in [-0.05, 0) is 47.0 Å². The third kappa shape index (κ3) is 2.14. The topological polar surface area (TPSA) is 68.3 Å². The highest BCUT2D eigenvalue weighted by Gasteiger charge is 2.22. The molecule has 0 saturated heterocycles. The predicted octanol–water partition coefficient (Wildman–Crippen LogP) is 3.61. The third-order valence-corrected chi connectivity index (χ3v) is 3.94. The number of ether oxygens (including phenoxy) is 2. The highest BCUT2D eigenvalue weighted by atomic mass is 79.9. The summed E-state index contributed by atoms with van der Waals surface area (Å²) in [6, 6.07) is 3.77. The second kappa shape index (κ2) is 5.55. The van der Waals surface area contributed by atoms with Crippen LogP contribution in [0.2, 0.25) is 0 Å². The molecule has 2 aromatic rings. The zero-order chi connectivity index (χ0) is 14.9. The molecule has 0 fully saturated rings. The van der Waals surface area contributed by atoms with Gasteiger partial charge >= 0.3 is 0 Å². The monoisotopic (exact) mass is 336 g/mol. The SMILES string of the molecule is COc1cc(-c2onc(C#N)c2Br)c(OC)c(C)c1C. The Kier molecular flexibility index (Phi) is 4.00. The van der Waals surface area contributed by atoms with Crippen molar-refractivity contribution >= 4 is 15.9 Å². The lowest BCUT2D eigenvalue weighted by atomic mass is 10.0. The number of rotatable bonds is 3. The van der Waals surface area contributed by atoms with E-state index in [0.717, 1.165) is 16.9 Å². The molecule has 0 saturated carbocycles. The van der Waals surface area contributed by atoms with E-state index in [2.05, 4.69) is 21.1 Å². The molecule has 0 aliphatic rings. The van der Waals surface area contributed by atoms with Gasteiger partial charge in [-0.1, -0.05) is 5.16 Å². The maximum absolute atomic E-state index is 8.95. The second-order valence-corrected chi connectivity index (χ2v) is 4.99. The fourth-order valence-corrected chi connectivity index (χ4v) is 2.47. The van der Waals surface area contributed by atoms with Crippen molar-refractivity contribution < 1.29 is 14.0 Å². The number of benzene rings is 1. The van der Waals surface area contributed by atoms with Crippen molar-refractivity contribution in [1.82, 2.24) is 5.16 Å². The molecule has 0 spiro atoms. The lowest BCUT2D eigenvalue weighted by molar-refractivity contribution is 0.393. The Balaban J connectivity index is 2.76. The van der Waals surface area contributed by atoms with Gasteiger partial charge in [0.15, 0.2) is 11.5 Å². The van der Waals surface area contributed by atoms with Crippen LogP contribution in [0.1, 0.15) is 16.8 Å². The maximum atomic E-state index is 8.95. The van der Waals surface area contributed by atoms with Crippen LogP contribution >= 0.6 is 15.9 Å². The highest BCUT2D eigenvalue weighted by Crippen LogP contribution is 2.42. The van der Waals surface area contributed by atoms with E-state index in [-0.39, 0.29) is 5.69 Å². The minimum atomic E-state index is 0.194. The first-order chi connectivity index (χ1) is 9.54. The molecule has 0 N–H and O–H groups in total. The van der Waals surface area contributed by atoms with E-state index >= 15 is 0 Å². The van der Waals surface area contributed by atoms with Gasteiger partial charge in [0.2, 0.25) is 0 Å². The normalized spacial score (nSPS) is 10.2. The average molecular weight is 337 g/mol. The van der Waals surface area contributed by atoms with E-state index in [1.165, 1.54) is 0 Å². The van der Waals surface area contributed by atoms with E-state index < -0.39 is 0 Å². The fraction of sp³-hybridized carbons (Fsp3) is 0.286. The first-order valence-electron chi connectivity index (χ1n) is 5.82. The number of nitriles is 1. The lowest BCUT2D eigenvalue weighted by Crippen LogP contribution is -1.97. The summed E-state index contributed by atoms with van der Waals surface area (Å²) in [6.07, 6.45) is 0. The standard InChI is InChI=1S/C14H13BrN2O3/c1-7-8(2)13(19-4)9(5-11(7)18-3)14-12(15)10(6-16)17-20-14/h5H,1-4H3. The Morgan fingerprint density at radius 2 is 1.95 bits per heavy atom. The summed E-state index contributed by atoms with van der Waals surface area (Å²) < 4.78 is 16.6. The van der Waals surface area contributed by atoms with Crippen molar-refractivity contribution in [1.29, 1.82) is 5.26 Å². The van der Waals surface area contributed by atoms with Crippen LogP contribution < -0.4 is 9.47 Å². The molecule has 1 aromatic carbocycles. The van der Waals surface area contributed by atoms with Gasteiger partial charge in [0, 0.05) is 0 Å². The minimum Gasteiger partial charge on any atom is -0.496 e. The van der Waals surface area contributed by atoms with Crippen LogP contribution in [0.25, 0.3) is 11.3 Å². The first-order valence-corrected chi connectivity index (χ1v) is 6.62. The molecular formula is C14H13BrN2O3. The molecule has 0 aliphatic heterocycles. The summed E-state index contributed by atoms with van der Waals surface area (Å²) in [5.41, 5.74) is 2.82. The Bertz CT molecular complexity index is 701. The lowest BCUT2D eigenvalue weighted by Gasteiger charge is -2.15. The van der Waals surface area contributed by atoms with Crippen LogP contribution in [0.4, 0.5) is 0 Å². The first kappa shape index (κ1) is 14.4. The molecule has 0 aliphatic carbocycles. The molecule has 1 heterocycles. The third-order valence-electron chi connectivity index (χ3n) is 3.20. The van der Waals surface area contributed by atoms with Gasteiger partial charge in [0.25, 0.3) is 0 Å². The van der Waals surface area contributed by atoms with E-state index in [1.807, 2.05) is 26.0 Å². The van der Waals surface area contributed by atoms with Crippen molar-refractivity contribution in [3.63, 3.8) is 0 Å². The second-order valence-electron chi connectivity index (χ2n) is 4.20. The van der Waals surface area contributed by atoms with Gasteiger partial charge < -0.3 is 14.0 Å². The minimum absolute atomic E-state index is 0.194. The Labute approximate surface area is 125 Å². The average Bonchev–Trinajstić information content (AvgIpc) is 2.82. The van der Waals surface area contributed by atoms with Crippen LogP contribution in [0, 0.1) is 25.2 Å². The van der Waals surface area contributed by atoms with E-state index in [1.54, 1.807) is 14.2 Å². The van der Waals surface area contributed by atoms with Crippen molar-refractivity contribution in [2.24, 2.45) is 0 Å². The number of hydrogen-bond donors (Lipinski definition) is 0. The molecule has 0 unspecified atom stereocenters. The zero-order valence-electron chi connectivity index (χ0n) is 11.6. The fourth-order valence-electron chi connectivity index (χ4n) is 2.02. The number of halogens is 1. The number of methoxy groups -OCH3 is 2. The van der Waals surface area contributed by atoms with Gasteiger partial charge in [-0.2, -0.15) is 5.26 Å². The van der Waals surface area contributed by atoms with E-state index in [0.29, 0.717) is 21.5 Å². The quantitative estimate of drug-likeness (QED) is 0.856. The van der Waals surface area contributed by atoms with Crippen LogP contribution in [-0.4, -0.2) is 19.4 Å². The van der Waals surface area contributed by atoms with Gasteiger partial charge in [0.05, 0.1) is 19.8 Å². The van der Waals surface area contributed by atoms with Crippen molar-refractivity contribution in [2.45, 2.75) is 13.8 Å². The largest absolute Gasteiger partial charge is 0.496 e.